The molecule has 0 saturated heterocycles. The van der Waals surface area contributed by atoms with Gasteiger partial charge in [0, 0.05) is 5.56 Å². The lowest BCUT2D eigenvalue weighted by Gasteiger charge is -2.13. The van der Waals surface area contributed by atoms with Crippen LogP contribution >= 0.6 is 0 Å². The van der Waals surface area contributed by atoms with Gasteiger partial charge in [-0.15, -0.1) is 0 Å². The van der Waals surface area contributed by atoms with Gasteiger partial charge >= 0.3 is 0 Å². The predicted octanol–water partition coefficient (Wildman–Crippen LogP) is -0.390. The van der Waals surface area contributed by atoms with Gasteiger partial charge in [0.15, 0.2) is 6.23 Å². The van der Waals surface area contributed by atoms with E-state index in [1.807, 2.05) is 5.32 Å². The van der Waals surface area contributed by atoms with Gasteiger partial charge in [-0.3, -0.25) is 0 Å². The third-order valence-corrected chi connectivity index (χ3v) is 1.37. The van der Waals surface area contributed by atoms with E-state index in [-0.39, 0.29) is 0 Å². The number of hydrogen-bond donors (Lipinski definition) is 2. The molecule has 4 heteroatoms. The number of carbonyl (C=O) groups is 1. The van der Waals surface area contributed by atoms with E-state index in [9.17, 15) is 9.90 Å². The zero-order valence-electron chi connectivity index (χ0n) is 6.23. The van der Waals surface area contributed by atoms with Crippen LogP contribution in [0.2, 0.25) is 0 Å². The maximum atomic E-state index is 10.0. The van der Waals surface area contributed by atoms with E-state index in [1.165, 1.54) is 0 Å². The number of aliphatic hydroxyl groups is 1. The van der Waals surface area contributed by atoms with Crippen LogP contribution < -0.4 is 10.4 Å². The van der Waals surface area contributed by atoms with Gasteiger partial charge in [0.2, 0.25) is 0 Å². The van der Waals surface area contributed by atoms with E-state index in [0.29, 0.717) is 5.56 Å². The topological polar surface area (TPSA) is 72.4 Å². The van der Waals surface area contributed by atoms with Gasteiger partial charge in [-0.25, -0.2) is 0 Å². The van der Waals surface area contributed by atoms with Gasteiger partial charge in [0.1, 0.15) is 6.09 Å². The molecule has 0 saturated carbocycles. The lowest BCUT2D eigenvalue weighted by atomic mass is 10.2. The van der Waals surface area contributed by atoms with E-state index in [4.69, 9.17) is 5.11 Å². The number of aliphatic hydroxyl groups excluding tert-OH is 1. The van der Waals surface area contributed by atoms with Gasteiger partial charge in [0.25, 0.3) is 0 Å². The first-order chi connectivity index (χ1) is 5.70. The molecule has 0 radical (unpaired) electrons. The molecule has 4 nitrogen and oxygen atoms in total. The fourth-order valence-corrected chi connectivity index (χ4v) is 0.830. The van der Waals surface area contributed by atoms with Crippen LogP contribution in [0.15, 0.2) is 30.3 Å². The quantitative estimate of drug-likeness (QED) is 0.588. The van der Waals surface area contributed by atoms with Crippen molar-refractivity contribution >= 4 is 6.09 Å². The maximum absolute atomic E-state index is 10.0. The molecule has 1 aromatic carbocycles. The van der Waals surface area contributed by atoms with Gasteiger partial charge in [-0.2, -0.15) is 0 Å². The largest absolute Gasteiger partial charge is 0.530 e. The molecule has 1 atom stereocenters. The summed E-state index contributed by atoms with van der Waals surface area (Å²) in [6.07, 6.45) is -2.71. The first kappa shape index (κ1) is 8.55. The normalized spacial score (nSPS) is 12.1. The molecule has 2 N–H and O–H groups in total. The molecule has 0 aromatic heterocycles. The van der Waals surface area contributed by atoms with Crippen molar-refractivity contribution in [2.45, 2.75) is 6.23 Å². The third-order valence-electron chi connectivity index (χ3n) is 1.37. The smallest absolute Gasteiger partial charge is 0.151 e. The summed E-state index contributed by atoms with van der Waals surface area (Å²) in [5, 5.41) is 21.0. The second-order valence-corrected chi connectivity index (χ2v) is 2.25. The fraction of sp³-hybridized carbons (Fsp3) is 0.125. The van der Waals surface area contributed by atoms with Crippen LogP contribution in [0.5, 0.6) is 0 Å². The first-order valence-electron chi connectivity index (χ1n) is 3.40. The standard InChI is InChI=1S/C8H9NO3/c10-7(9-8(11)12)6-4-2-1-3-5-6/h1-5,7,9-10H,(H,11,12)/p-1. The molecule has 0 heterocycles. The summed E-state index contributed by atoms with van der Waals surface area (Å²) in [6, 6.07) is 8.40. The van der Waals surface area contributed by atoms with Crippen molar-refractivity contribution < 1.29 is 15.0 Å². The number of benzene rings is 1. The molecule has 0 spiro atoms. The number of hydrogen-bond acceptors (Lipinski definition) is 3. The van der Waals surface area contributed by atoms with Crippen LogP contribution in [-0.2, 0) is 0 Å². The molecule has 1 aromatic rings. The summed E-state index contributed by atoms with van der Waals surface area (Å²) in [7, 11) is 0. The van der Waals surface area contributed by atoms with Crippen LogP contribution in [0.3, 0.4) is 0 Å². The Morgan fingerprint density at radius 1 is 1.42 bits per heavy atom. The molecule has 0 aliphatic carbocycles. The number of carbonyl (C=O) groups excluding carboxylic acids is 1. The lowest BCUT2D eigenvalue weighted by molar-refractivity contribution is -0.254. The van der Waals surface area contributed by atoms with Crippen LogP contribution in [0.4, 0.5) is 4.79 Å². The zero-order valence-corrected chi connectivity index (χ0v) is 6.23. The summed E-state index contributed by atoms with van der Waals surface area (Å²) in [5.74, 6) is 0. The molecule has 0 fully saturated rings. The fourth-order valence-electron chi connectivity index (χ4n) is 0.830. The Hall–Kier alpha value is -1.55. The van der Waals surface area contributed by atoms with Crippen molar-refractivity contribution in [1.82, 2.24) is 5.32 Å². The Morgan fingerprint density at radius 3 is 2.50 bits per heavy atom. The Bertz CT molecular complexity index is 260. The van der Waals surface area contributed by atoms with Crippen LogP contribution in [-0.4, -0.2) is 11.2 Å². The van der Waals surface area contributed by atoms with Crippen molar-refractivity contribution in [3.05, 3.63) is 35.9 Å². The Kier molecular flexibility index (Phi) is 2.66. The summed E-state index contributed by atoms with van der Waals surface area (Å²) in [4.78, 5) is 10.0. The minimum atomic E-state index is -1.49. The minimum Gasteiger partial charge on any atom is -0.530 e. The van der Waals surface area contributed by atoms with Crippen LogP contribution in [0, 0.1) is 0 Å². The Labute approximate surface area is 69.5 Å². The maximum Gasteiger partial charge on any atom is 0.151 e. The molecule has 64 valence electrons. The highest BCUT2D eigenvalue weighted by molar-refractivity contribution is 5.62. The van der Waals surface area contributed by atoms with Crippen molar-refractivity contribution in [1.29, 1.82) is 0 Å². The molecule has 1 unspecified atom stereocenters. The predicted molar refractivity (Wildman–Crippen MR) is 39.9 cm³/mol. The van der Waals surface area contributed by atoms with Gasteiger partial charge in [0.05, 0.1) is 0 Å². The van der Waals surface area contributed by atoms with E-state index in [2.05, 4.69) is 0 Å². The second-order valence-electron chi connectivity index (χ2n) is 2.25. The van der Waals surface area contributed by atoms with E-state index < -0.39 is 12.3 Å². The van der Waals surface area contributed by atoms with Crippen molar-refractivity contribution in [2.24, 2.45) is 0 Å². The Morgan fingerprint density at radius 2 is 2.00 bits per heavy atom. The molecule has 12 heavy (non-hydrogen) atoms. The van der Waals surface area contributed by atoms with E-state index in [1.54, 1.807) is 30.3 Å². The summed E-state index contributed by atoms with van der Waals surface area (Å²) in [6.45, 7) is 0. The molecule has 0 aliphatic heterocycles. The van der Waals surface area contributed by atoms with Gasteiger partial charge < -0.3 is 20.3 Å². The van der Waals surface area contributed by atoms with Gasteiger partial charge in [-0.1, -0.05) is 30.3 Å². The Balaban J connectivity index is 2.65. The summed E-state index contributed by atoms with van der Waals surface area (Å²) >= 11 is 0. The number of rotatable bonds is 2. The first-order valence-corrected chi connectivity index (χ1v) is 3.40. The summed E-state index contributed by atoms with van der Waals surface area (Å²) in [5.41, 5.74) is 0.488. The van der Waals surface area contributed by atoms with Gasteiger partial charge in [-0.05, 0) is 0 Å². The summed E-state index contributed by atoms with van der Waals surface area (Å²) < 4.78 is 0. The molecule has 0 aliphatic rings. The molecular formula is C8H8NO3-. The SMILES string of the molecule is O=C([O-])NC(O)c1ccccc1. The number of amides is 1. The highest BCUT2D eigenvalue weighted by atomic mass is 16.4. The second kappa shape index (κ2) is 3.73. The number of carboxylic acid groups (broad SMARTS) is 1. The molecule has 1 amide bonds. The van der Waals surface area contributed by atoms with Crippen molar-refractivity contribution in [3.63, 3.8) is 0 Å². The van der Waals surface area contributed by atoms with Crippen LogP contribution in [0.1, 0.15) is 11.8 Å². The molecular weight excluding hydrogens is 158 g/mol. The average molecular weight is 166 g/mol. The van der Waals surface area contributed by atoms with E-state index >= 15 is 0 Å². The van der Waals surface area contributed by atoms with E-state index in [0.717, 1.165) is 0 Å². The zero-order chi connectivity index (χ0) is 8.97. The van der Waals surface area contributed by atoms with Crippen LogP contribution in [0.25, 0.3) is 0 Å². The third kappa shape index (κ3) is 2.25. The van der Waals surface area contributed by atoms with Crippen molar-refractivity contribution in [3.8, 4) is 0 Å². The monoisotopic (exact) mass is 166 g/mol. The minimum absolute atomic E-state index is 0.488. The molecule has 1 rings (SSSR count). The lowest BCUT2D eigenvalue weighted by Crippen LogP contribution is -2.38. The average Bonchev–Trinajstić information content (AvgIpc) is 2.05. The highest BCUT2D eigenvalue weighted by Gasteiger charge is 2.03. The molecule has 0 bridgehead atoms. The number of nitrogens with one attached hydrogen (secondary N) is 1. The van der Waals surface area contributed by atoms with Crippen molar-refractivity contribution in [2.75, 3.05) is 0 Å². The highest BCUT2D eigenvalue weighted by Crippen LogP contribution is 2.07.